The van der Waals surface area contributed by atoms with E-state index in [1.54, 1.807) is 14.0 Å². The monoisotopic (exact) mass is 272 g/mol. The van der Waals surface area contributed by atoms with Crippen molar-refractivity contribution in [3.8, 4) is 16.9 Å². The molecule has 1 aliphatic rings. The minimum atomic E-state index is -0.315. The lowest BCUT2D eigenvalue weighted by Crippen LogP contribution is -2.39. The van der Waals surface area contributed by atoms with E-state index < -0.39 is 0 Å². The normalized spacial score (nSPS) is 13.2. The average Bonchev–Trinajstić information content (AvgIpc) is 2.92. The SMILES string of the molecule is Cc1c(-c2cccc3c2OCC3)c(=O)n(C)c(=O)n1C. The van der Waals surface area contributed by atoms with Crippen LogP contribution in [-0.2, 0) is 20.5 Å². The molecular formula is C15H16N2O3. The van der Waals surface area contributed by atoms with Gasteiger partial charge in [-0.1, -0.05) is 18.2 Å². The fourth-order valence-corrected chi connectivity index (χ4v) is 2.67. The van der Waals surface area contributed by atoms with Gasteiger partial charge in [0.2, 0.25) is 0 Å². The summed E-state index contributed by atoms with van der Waals surface area (Å²) in [5.41, 5.74) is 2.47. The number of benzene rings is 1. The molecule has 0 aliphatic carbocycles. The second-order valence-corrected chi connectivity index (χ2v) is 5.06. The summed E-state index contributed by atoms with van der Waals surface area (Å²) < 4.78 is 8.30. The summed E-state index contributed by atoms with van der Waals surface area (Å²) in [6, 6.07) is 5.80. The smallest absolute Gasteiger partial charge is 0.330 e. The van der Waals surface area contributed by atoms with Gasteiger partial charge in [-0.25, -0.2) is 4.79 Å². The molecule has 104 valence electrons. The molecule has 0 amide bonds. The van der Waals surface area contributed by atoms with Gasteiger partial charge in [0.05, 0.1) is 12.2 Å². The van der Waals surface area contributed by atoms with Gasteiger partial charge < -0.3 is 9.30 Å². The zero-order valence-corrected chi connectivity index (χ0v) is 11.8. The molecule has 5 nitrogen and oxygen atoms in total. The number of para-hydroxylation sites is 1. The van der Waals surface area contributed by atoms with Crippen LogP contribution in [0.4, 0.5) is 0 Å². The maximum Gasteiger partial charge on any atom is 0.330 e. The van der Waals surface area contributed by atoms with Crippen molar-refractivity contribution < 1.29 is 4.74 Å². The fraction of sp³-hybridized carbons (Fsp3) is 0.333. The Balaban J connectivity index is 2.41. The van der Waals surface area contributed by atoms with Crippen molar-refractivity contribution in [2.75, 3.05) is 6.61 Å². The second kappa shape index (κ2) is 4.37. The predicted molar refractivity (Wildman–Crippen MR) is 76.3 cm³/mol. The Morgan fingerprint density at radius 1 is 1.15 bits per heavy atom. The van der Waals surface area contributed by atoms with Gasteiger partial charge in [0, 0.05) is 31.8 Å². The maximum atomic E-state index is 12.5. The van der Waals surface area contributed by atoms with Crippen LogP contribution in [0.2, 0.25) is 0 Å². The lowest BCUT2D eigenvalue weighted by atomic mass is 10.0. The molecule has 1 aliphatic heterocycles. The number of fused-ring (bicyclic) bond motifs is 1. The van der Waals surface area contributed by atoms with Crippen molar-refractivity contribution in [3.63, 3.8) is 0 Å². The van der Waals surface area contributed by atoms with Crippen molar-refractivity contribution in [1.29, 1.82) is 0 Å². The Morgan fingerprint density at radius 2 is 1.90 bits per heavy atom. The molecule has 0 unspecified atom stereocenters. The van der Waals surface area contributed by atoms with Crippen molar-refractivity contribution in [2.24, 2.45) is 14.1 Å². The third-order valence-electron chi connectivity index (χ3n) is 3.94. The van der Waals surface area contributed by atoms with Gasteiger partial charge in [0.1, 0.15) is 5.75 Å². The molecule has 0 bridgehead atoms. The molecule has 2 heterocycles. The summed E-state index contributed by atoms with van der Waals surface area (Å²) in [4.78, 5) is 24.4. The van der Waals surface area contributed by atoms with Crippen LogP contribution in [0.5, 0.6) is 5.75 Å². The van der Waals surface area contributed by atoms with Gasteiger partial charge in [-0.3, -0.25) is 9.36 Å². The van der Waals surface area contributed by atoms with Crippen LogP contribution in [0.3, 0.4) is 0 Å². The third-order valence-corrected chi connectivity index (χ3v) is 3.94. The molecule has 0 radical (unpaired) electrons. The van der Waals surface area contributed by atoms with E-state index in [2.05, 4.69) is 0 Å². The molecule has 0 fully saturated rings. The van der Waals surface area contributed by atoms with E-state index in [9.17, 15) is 9.59 Å². The first-order valence-corrected chi connectivity index (χ1v) is 6.54. The van der Waals surface area contributed by atoms with Crippen LogP contribution in [0.25, 0.3) is 11.1 Å². The van der Waals surface area contributed by atoms with Gasteiger partial charge in [0.15, 0.2) is 0 Å². The van der Waals surface area contributed by atoms with Crippen LogP contribution in [-0.4, -0.2) is 15.7 Å². The van der Waals surface area contributed by atoms with E-state index in [0.717, 1.165) is 27.9 Å². The van der Waals surface area contributed by atoms with Crippen LogP contribution in [0.15, 0.2) is 27.8 Å². The van der Waals surface area contributed by atoms with E-state index in [-0.39, 0.29) is 11.2 Å². The third kappa shape index (κ3) is 1.62. The minimum absolute atomic E-state index is 0.283. The van der Waals surface area contributed by atoms with Crippen molar-refractivity contribution >= 4 is 0 Å². The Hall–Kier alpha value is -2.30. The average molecular weight is 272 g/mol. The number of nitrogens with zero attached hydrogens (tertiary/aromatic N) is 2. The summed E-state index contributed by atoms with van der Waals surface area (Å²) in [6.07, 6.45) is 0.855. The molecule has 0 spiro atoms. The van der Waals surface area contributed by atoms with Crippen LogP contribution >= 0.6 is 0 Å². The summed E-state index contributed by atoms with van der Waals surface area (Å²) >= 11 is 0. The molecule has 20 heavy (non-hydrogen) atoms. The lowest BCUT2D eigenvalue weighted by molar-refractivity contribution is 0.358. The Morgan fingerprint density at radius 3 is 2.65 bits per heavy atom. The topological polar surface area (TPSA) is 53.2 Å². The summed E-state index contributed by atoms with van der Waals surface area (Å²) in [5.74, 6) is 0.770. The van der Waals surface area contributed by atoms with E-state index in [4.69, 9.17) is 4.74 Å². The highest BCUT2D eigenvalue weighted by atomic mass is 16.5. The first-order chi connectivity index (χ1) is 9.52. The molecule has 3 rings (SSSR count). The lowest BCUT2D eigenvalue weighted by Gasteiger charge is -2.14. The summed E-state index contributed by atoms with van der Waals surface area (Å²) in [5, 5.41) is 0. The van der Waals surface area contributed by atoms with Crippen LogP contribution < -0.4 is 16.0 Å². The molecule has 0 saturated heterocycles. The molecular weight excluding hydrogens is 256 g/mol. The Kier molecular flexibility index (Phi) is 2.78. The molecule has 1 aromatic carbocycles. The quantitative estimate of drug-likeness (QED) is 0.778. The number of hydrogen-bond donors (Lipinski definition) is 0. The standard InChI is InChI=1S/C15H16N2O3/c1-9-12(14(18)17(3)15(19)16(9)2)11-6-4-5-10-7-8-20-13(10)11/h4-6H,7-8H2,1-3H3. The second-order valence-electron chi connectivity index (χ2n) is 5.06. The molecule has 5 heteroatoms. The number of hydrogen-bond acceptors (Lipinski definition) is 3. The number of aromatic nitrogens is 2. The van der Waals surface area contributed by atoms with Crippen molar-refractivity contribution in [2.45, 2.75) is 13.3 Å². The first-order valence-electron chi connectivity index (χ1n) is 6.54. The largest absolute Gasteiger partial charge is 0.492 e. The van der Waals surface area contributed by atoms with Gasteiger partial charge in [-0.15, -0.1) is 0 Å². The zero-order valence-electron chi connectivity index (χ0n) is 11.8. The van der Waals surface area contributed by atoms with Gasteiger partial charge in [-0.05, 0) is 12.5 Å². The van der Waals surface area contributed by atoms with E-state index in [0.29, 0.717) is 17.9 Å². The van der Waals surface area contributed by atoms with E-state index in [1.807, 2.05) is 18.2 Å². The number of rotatable bonds is 1. The zero-order chi connectivity index (χ0) is 14.4. The number of ether oxygens (including phenoxy) is 1. The summed E-state index contributed by atoms with van der Waals surface area (Å²) in [6.45, 7) is 2.42. The van der Waals surface area contributed by atoms with Crippen molar-refractivity contribution in [3.05, 3.63) is 50.3 Å². The molecule has 2 aromatic rings. The first kappa shape index (κ1) is 12.7. The highest BCUT2D eigenvalue weighted by molar-refractivity contribution is 5.74. The fourth-order valence-electron chi connectivity index (χ4n) is 2.67. The van der Waals surface area contributed by atoms with E-state index in [1.165, 1.54) is 11.6 Å². The highest BCUT2D eigenvalue weighted by Gasteiger charge is 2.22. The van der Waals surface area contributed by atoms with E-state index >= 15 is 0 Å². The molecule has 1 aromatic heterocycles. The molecule has 0 atom stereocenters. The van der Waals surface area contributed by atoms with Crippen LogP contribution in [0, 0.1) is 6.92 Å². The molecule has 0 saturated carbocycles. The maximum absolute atomic E-state index is 12.5. The highest BCUT2D eigenvalue weighted by Crippen LogP contribution is 2.36. The van der Waals surface area contributed by atoms with Crippen LogP contribution in [0.1, 0.15) is 11.3 Å². The summed E-state index contributed by atoms with van der Waals surface area (Å²) in [7, 11) is 3.17. The minimum Gasteiger partial charge on any atom is -0.492 e. The van der Waals surface area contributed by atoms with Gasteiger partial charge >= 0.3 is 5.69 Å². The van der Waals surface area contributed by atoms with Crippen molar-refractivity contribution in [1.82, 2.24) is 9.13 Å². The van der Waals surface area contributed by atoms with Gasteiger partial charge in [0.25, 0.3) is 5.56 Å². The molecule has 0 N–H and O–H groups in total. The Bertz CT molecular complexity index is 815. The Labute approximate surface area is 116 Å². The van der Waals surface area contributed by atoms with Gasteiger partial charge in [-0.2, -0.15) is 0 Å². The predicted octanol–water partition coefficient (Wildman–Crippen LogP) is 0.994.